The van der Waals surface area contributed by atoms with Crippen molar-refractivity contribution >= 4 is 22.3 Å². The topological polar surface area (TPSA) is 70.1 Å². The van der Waals surface area contributed by atoms with Crippen molar-refractivity contribution < 1.29 is 19.0 Å². The first-order valence-electron chi connectivity index (χ1n) is 10.4. The zero-order chi connectivity index (χ0) is 22.9. The quantitative estimate of drug-likeness (QED) is 0.401. The molecule has 4 aromatic rings. The Morgan fingerprint density at radius 2 is 1.73 bits per heavy atom. The van der Waals surface area contributed by atoms with Crippen molar-refractivity contribution in [3.8, 4) is 17.4 Å². The molecule has 5 rings (SSSR count). The maximum absolute atomic E-state index is 13.8. The third-order valence-electron chi connectivity index (χ3n) is 5.32. The summed E-state index contributed by atoms with van der Waals surface area (Å²) in [5, 5.41) is 11.4. The molecule has 0 fully saturated rings. The highest BCUT2D eigenvalue weighted by Gasteiger charge is 2.21. The summed E-state index contributed by atoms with van der Waals surface area (Å²) in [5.74, 6) is 0.637. The van der Waals surface area contributed by atoms with E-state index in [0.29, 0.717) is 39.2 Å². The van der Waals surface area contributed by atoms with Crippen molar-refractivity contribution in [2.45, 2.75) is 6.54 Å². The molecule has 1 aliphatic heterocycles. The fraction of sp³-hybridized carbons (Fsp3) is 0.115. The van der Waals surface area contributed by atoms with Gasteiger partial charge in [-0.3, -0.25) is 0 Å². The minimum absolute atomic E-state index is 0.0895. The van der Waals surface area contributed by atoms with Crippen LogP contribution in [0.15, 0.2) is 78.2 Å². The van der Waals surface area contributed by atoms with E-state index < -0.39 is 5.82 Å². The minimum atomic E-state index is -0.392. The Bertz CT molecular complexity index is 1390. The highest BCUT2D eigenvalue weighted by molar-refractivity contribution is 6.22. The van der Waals surface area contributed by atoms with Crippen LogP contribution in [0.2, 0.25) is 0 Å². The third-order valence-corrected chi connectivity index (χ3v) is 5.32. The van der Waals surface area contributed by atoms with E-state index in [1.807, 2.05) is 44.4 Å². The van der Waals surface area contributed by atoms with Crippen molar-refractivity contribution in [2.24, 2.45) is 4.99 Å². The van der Waals surface area contributed by atoms with Gasteiger partial charge in [0.1, 0.15) is 18.3 Å². The maximum atomic E-state index is 13.8. The third kappa shape index (κ3) is 4.18. The predicted molar refractivity (Wildman–Crippen MR) is 126 cm³/mol. The van der Waals surface area contributed by atoms with E-state index in [4.69, 9.17) is 14.5 Å². The van der Waals surface area contributed by atoms with E-state index in [0.717, 1.165) is 17.8 Å². The van der Waals surface area contributed by atoms with Gasteiger partial charge in [0.2, 0.25) is 0 Å². The van der Waals surface area contributed by atoms with Gasteiger partial charge in [0.25, 0.3) is 0 Å². The van der Waals surface area contributed by atoms with E-state index in [1.165, 1.54) is 24.7 Å². The Morgan fingerprint density at radius 1 is 0.970 bits per heavy atom. The number of hydrogen-bond donors (Lipinski definition) is 2. The first kappa shape index (κ1) is 20.8. The summed E-state index contributed by atoms with van der Waals surface area (Å²) in [4.78, 5) is 9.84. The molecule has 2 N–H and O–H groups in total. The van der Waals surface area contributed by atoms with Gasteiger partial charge in [0.15, 0.2) is 17.4 Å². The molecule has 0 saturated carbocycles. The summed E-state index contributed by atoms with van der Waals surface area (Å²) >= 11 is 0. The number of nitrogens with zero attached hydrogens (tertiary/aromatic N) is 2. The molecule has 0 saturated heterocycles. The number of aliphatic imine (C=N–C) groups is 1. The lowest BCUT2D eigenvalue weighted by atomic mass is 10.00. The first-order valence-corrected chi connectivity index (χ1v) is 10.4. The number of H-pyrrole nitrogens is 1. The standard InChI is InChI=1S/C26H22FN3O3/c1-30(2)15-16-3-7-19(8-4-16)28-25(17-5-10-22-23(13-17)33-12-11-32-22)24-20-9-6-18(27)14-21(20)29-26(24)31/h3-14,29,31H,15H2,1-2H3. The molecule has 0 bridgehead atoms. The van der Waals surface area contributed by atoms with Crippen molar-refractivity contribution in [3.63, 3.8) is 0 Å². The first-order chi connectivity index (χ1) is 16.0. The van der Waals surface area contributed by atoms with E-state index in [9.17, 15) is 9.50 Å². The van der Waals surface area contributed by atoms with E-state index in [1.54, 1.807) is 18.2 Å². The number of hydrogen-bond acceptors (Lipinski definition) is 5. The molecule has 3 aromatic carbocycles. The molecule has 2 heterocycles. The number of nitrogens with one attached hydrogen (secondary N) is 1. The maximum Gasteiger partial charge on any atom is 0.199 e. The van der Waals surface area contributed by atoms with Crippen molar-refractivity contribution in [3.05, 3.63) is 95.7 Å². The van der Waals surface area contributed by atoms with Gasteiger partial charge in [0, 0.05) is 17.5 Å². The number of benzene rings is 3. The molecule has 0 radical (unpaired) electrons. The Labute approximate surface area is 190 Å². The van der Waals surface area contributed by atoms with E-state index in [-0.39, 0.29) is 5.88 Å². The average Bonchev–Trinajstić information content (AvgIpc) is 3.12. The van der Waals surface area contributed by atoms with Gasteiger partial charge in [-0.25, -0.2) is 9.38 Å². The molecule has 0 aliphatic carbocycles. The molecule has 6 nitrogen and oxygen atoms in total. The second kappa shape index (κ2) is 8.44. The van der Waals surface area contributed by atoms with Crippen LogP contribution >= 0.6 is 0 Å². The lowest BCUT2D eigenvalue weighted by molar-refractivity contribution is 0.361. The van der Waals surface area contributed by atoms with Crippen LogP contribution < -0.4 is 9.47 Å². The second-order valence-electron chi connectivity index (χ2n) is 8.07. The molecule has 1 aromatic heterocycles. The lowest BCUT2D eigenvalue weighted by Gasteiger charge is -2.15. The molecule has 0 atom stereocenters. The molecule has 1 aliphatic rings. The van der Waals surface area contributed by atoms with Gasteiger partial charge < -0.3 is 24.5 Å². The average molecular weight is 443 g/mol. The summed E-state index contributed by atoms with van der Waals surface area (Å²) in [5.41, 5.74) is 4.08. The fourth-order valence-corrected chi connectivity index (χ4v) is 3.88. The van der Waals surface area contributed by atoms with Crippen LogP contribution in [0, 0.1) is 5.82 Å². The molecule has 0 spiro atoms. The minimum Gasteiger partial charge on any atom is -0.494 e. The molecule has 166 valence electrons. The van der Waals surface area contributed by atoms with Crippen LogP contribution in [0.1, 0.15) is 16.7 Å². The number of halogens is 1. The van der Waals surface area contributed by atoms with Gasteiger partial charge in [-0.05, 0) is 68.2 Å². The summed E-state index contributed by atoms with van der Waals surface area (Å²) < 4.78 is 24.8. The zero-order valence-electron chi connectivity index (χ0n) is 18.2. The van der Waals surface area contributed by atoms with Crippen LogP contribution in [0.5, 0.6) is 17.4 Å². The Balaban J connectivity index is 1.67. The van der Waals surface area contributed by atoms with Crippen LogP contribution in [0.4, 0.5) is 10.1 Å². The summed E-state index contributed by atoms with van der Waals surface area (Å²) in [7, 11) is 4.04. The van der Waals surface area contributed by atoms with Crippen LogP contribution in [0.3, 0.4) is 0 Å². The zero-order valence-corrected chi connectivity index (χ0v) is 18.2. The van der Waals surface area contributed by atoms with Gasteiger partial charge in [-0.1, -0.05) is 12.1 Å². The highest BCUT2D eigenvalue weighted by Crippen LogP contribution is 2.36. The molecular formula is C26H22FN3O3. The Morgan fingerprint density at radius 3 is 2.48 bits per heavy atom. The summed E-state index contributed by atoms with van der Waals surface area (Å²) in [6.45, 7) is 0.821. The van der Waals surface area contributed by atoms with Crippen LogP contribution in [-0.2, 0) is 6.54 Å². The molecule has 0 unspecified atom stereocenters. The van der Waals surface area contributed by atoms with Gasteiger partial charge in [-0.2, -0.15) is 0 Å². The number of rotatable bonds is 5. The molecule has 33 heavy (non-hydrogen) atoms. The lowest BCUT2D eigenvalue weighted by Crippen LogP contribution is -2.10. The molecule has 0 amide bonds. The number of aromatic nitrogens is 1. The van der Waals surface area contributed by atoms with Gasteiger partial charge in [-0.15, -0.1) is 0 Å². The van der Waals surface area contributed by atoms with Crippen LogP contribution in [0.25, 0.3) is 10.9 Å². The van der Waals surface area contributed by atoms with Crippen molar-refractivity contribution in [2.75, 3.05) is 14.1 Å². The van der Waals surface area contributed by atoms with Gasteiger partial charge in [0.05, 0.1) is 22.5 Å². The largest absolute Gasteiger partial charge is 0.494 e. The SMILES string of the molecule is CN(C)Cc1ccc(N=C(c2ccc3c(c2)OC=CO3)c2c(O)[nH]c3cc(F)ccc23)cc1. The van der Waals surface area contributed by atoms with Gasteiger partial charge >= 0.3 is 0 Å². The Hall–Kier alpha value is -4.10. The fourth-order valence-electron chi connectivity index (χ4n) is 3.88. The van der Waals surface area contributed by atoms with E-state index in [2.05, 4.69) is 9.88 Å². The number of fused-ring (bicyclic) bond motifs is 2. The number of aromatic hydroxyl groups is 1. The predicted octanol–water partition coefficient (Wildman–Crippen LogP) is 5.49. The van der Waals surface area contributed by atoms with Crippen LogP contribution in [-0.4, -0.2) is 34.8 Å². The summed E-state index contributed by atoms with van der Waals surface area (Å²) in [6.07, 6.45) is 2.92. The Kier molecular flexibility index (Phi) is 5.32. The molecular weight excluding hydrogens is 421 g/mol. The summed E-state index contributed by atoms with van der Waals surface area (Å²) in [6, 6.07) is 17.7. The van der Waals surface area contributed by atoms with Crippen molar-refractivity contribution in [1.82, 2.24) is 9.88 Å². The highest BCUT2D eigenvalue weighted by atomic mass is 19.1. The van der Waals surface area contributed by atoms with E-state index >= 15 is 0 Å². The monoisotopic (exact) mass is 443 g/mol. The number of aromatic amines is 1. The normalized spacial score (nSPS) is 13.2. The smallest absolute Gasteiger partial charge is 0.199 e. The number of ether oxygens (including phenoxy) is 2. The molecule has 7 heteroatoms. The second-order valence-corrected chi connectivity index (χ2v) is 8.07. The van der Waals surface area contributed by atoms with Crippen molar-refractivity contribution in [1.29, 1.82) is 0 Å².